The lowest BCUT2D eigenvalue weighted by atomic mass is 10.3. The molecule has 0 spiro atoms. The molecule has 0 bridgehead atoms. The van der Waals surface area contributed by atoms with Crippen LogP contribution in [0.1, 0.15) is 26.7 Å². The molecule has 96 valence electrons. The summed E-state index contributed by atoms with van der Waals surface area (Å²) in [6, 6.07) is 1.53. The van der Waals surface area contributed by atoms with Crippen LogP contribution in [0.15, 0.2) is 15.7 Å². The van der Waals surface area contributed by atoms with Gasteiger partial charge in [-0.15, -0.1) is 11.3 Å². The van der Waals surface area contributed by atoms with Gasteiger partial charge in [-0.25, -0.2) is 8.42 Å². The zero-order valence-electron chi connectivity index (χ0n) is 10.1. The second-order valence-corrected chi connectivity index (χ2v) is 7.84. The van der Waals surface area contributed by atoms with Gasteiger partial charge in [-0.2, -0.15) is 4.31 Å². The Morgan fingerprint density at radius 3 is 2.59 bits per heavy atom. The summed E-state index contributed by atoms with van der Waals surface area (Å²) < 4.78 is 26.8. The van der Waals surface area contributed by atoms with Crippen molar-refractivity contribution < 1.29 is 8.42 Å². The zero-order valence-corrected chi connectivity index (χ0v) is 11.7. The van der Waals surface area contributed by atoms with Crippen molar-refractivity contribution in [1.82, 2.24) is 4.31 Å². The average Bonchev–Trinajstić information content (AvgIpc) is 2.95. The Kier molecular flexibility index (Phi) is 3.47. The first-order valence-electron chi connectivity index (χ1n) is 5.77. The Balaban J connectivity index is 2.26. The number of anilines is 1. The van der Waals surface area contributed by atoms with E-state index in [4.69, 9.17) is 5.73 Å². The van der Waals surface area contributed by atoms with E-state index >= 15 is 0 Å². The number of nitrogen functional groups attached to an aromatic ring is 1. The second kappa shape index (κ2) is 4.59. The van der Waals surface area contributed by atoms with Crippen LogP contribution in [-0.2, 0) is 10.0 Å². The monoisotopic (exact) mass is 274 g/mol. The lowest BCUT2D eigenvalue weighted by Crippen LogP contribution is -2.38. The molecule has 2 rings (SSSR count). The van der Waals surface area contributed by atoms with Gasteiger partial charge in [0, 0.05) is 23.7 Å². The fourth-order valence-electron chi connectivity index (χ4n) is 1.72. The van der Waals surface area contributed by atoms with Gasteiger partial charge in [0.05, 0.1) is 0 Å². The summed E-state index contributed by atoms with van der Waals surface area (Å²) in [5, 5.41) is 1.67. The Morgan fingerprint density at radius 1 is 1.53 bits per heavy atom. The van der Waals surface area contributed by atoms with Crippen LogP contribution in [0.3, 0.4) is 0 Å². The van der Waals surface area contributed by atoms with Gasteiger partial charge in [0.2, 0.25) is 0 Å². The molecule has 0 aliphatic heterocycles. The van der Waals surface area contributed by atoms with E-state index in [0.29, 0.717) is 22.4 Å². The molecule has 0 saturated heterocycles. The van der Waals surface area contributed by atoms with Gasteiger partial charge in [-0.05, 0) is 38.7 Å². The molecule has 1 heterocycles. The summed E-state index contributed by atoms with van der Waals surface area (Å²) in [5.74, 6) is 0.546. The van der Waals surface area contributed by atoms with E-state index in [1.807, 2.05) is 13.8 Å². The summed E-state index contributed by atoms with van der Waals surface area (Å²) in [5.41, 5.74) is 6.11. The predicted octanol–water partition coefficient (Wildman–Crippen LogP) is 2.14. The summed E-state index contributed by atoms with van der Waals surface area (Å²) in [6.07, 6.45) is 2.29. The molecule has 0 atom stereocenters. The lowest BCUT2D eigenvalue weighted by molar-refractivity contribution is 0.342. The Labute approximate surface area is 106 Å². The van der Waals surface area contributed by atoms with E-state index in [2.05, 4.69) is 0 Å². The van der Waals surface area contributed by atoms with Crippen LogP contribution in [0, 0.1) is 5.92 Å². The quantitative estimate of drug-likeness (QED) is 0.894. The molecule has 0 unspecified atom stereocenters. The largest absolute Gasteiger partial charge is 0.398 e. The molecule has 1 aliphatic rings. The van der Waals surface area contributed by atoms with Gasteiger partial charge in [-0.3, -0.25) is 0 Å². The summed E-state index contributed by atoms with van der Waals surface area (Å²) in [6.45, 7) is 4.46. The molecular formula is C11H18N2O2S2. The number of sulfonamides is 1. The highest BCUT2D eigenvalue weighted by Crippen LogP contribution is 2.33. The van der Waals surface area contributed by atoms with Crippen molar-refractivity contribution in [2.24, 2.45) is 5.92 Å². The standard InChI is InChI=1S/C11H18N2O2S2/c1-8(2)13(6-9-3-4-9)17(14,15)11-5-10(12)7-16-11/h5,7-9H,3-4,6,12H2,1-2H3. The summed E-state index contributed by atoms with van der Waals surface area (Å²) in [4.78, 5) is 0. The molecule has 6 heteroatoms. The fourth-order valence-corrected chi connectivity index (χ4v) is 4.64. The van der Waals surface area contributed by atoms with E-state index in [1.165, 1.54) is 11.3 Å². The van der Waals surface area contributed by atoms with Crippen molar-refractivity contribution in [2.75, 3.05) is 12.3 Å². The SMILES string of the molecule is CC(C)N(CC1CC1)S(=O)(=O)c1cc(N)cs1. The molecular weight excluding hydrogens is 256 g/mol. The smallest absolute Gasteiger partial charge is 0.252 e. The molecule has 17 heavy (non-hydrogen) atoms. The minimum absolute atomic E-state index is 0.0103. The summed E-state index contributed by atoms with van der Waals surface area (Å²) in [7, 11) is -3.36. The molecule has 2 N–H and O–H groups in total. The maximum Gasteiger partial charge on any atom is 0.252 e. The van der Waals surface area contributed by atoms with Crippen LogP contribution in [0.2, 0.25) is 0 Å². The Bertz CT molecular complexity index is 489. The van der Waals surface area contributed by atoms with E-state index in [9.17, 15) is 8.42 Å². The van der Waals surface area contributed by atoms with Crippen molar-refractivity contribution in [2.45, 2.75) is 36.9 Å². The molecule has 1 saturated carbocycles. The molecule has 0 amide bonds. The van der Waals surface area contributed by atoms with Gasteiger partial charge < -0.3 is 5.73 Å². The lowest BCUT2D eigenvalue weighted by Gasteiger charge is -2.25. The number of hydrogen-bond donors (Lipinski definition) is 1. The van der Waals surface area contributed by atoms with Crippen molar-refractivity contribution in [3.63, 3.8) is 0 Å². The van der Waals surface area contributed by atoms with Crippen LogP contribution in [0.4, 0.5) is 5.69 Å². The Hall–Kier alpha value is -0.590. The Morgan fingerprint density at radius 2 is 2.18 bits per heavy atom. The minimum Gasteiger partial charge on any atom is -0.398 e. The van der Waals surface area contributed by atoms with Crippen molar-refractivity contribution in [1.29, 1.82) is 0 Å². The van der Waals surface area contributed by atoms with Crippen molar-refractivity contribution >= 4 is 27.0 Å². The predicted molar refractivity (Wildman–Crippen MR) is 70.5 cm³/mol. The normalized spacial score (nSPS) is 16.9. The van der Waals surface area contributed by atoms with Crippen LogP contribution in [0.5, 0.6) is 0 Å². The maximum absolute atomic E-state index is 12.4. The number of nitrogens with two attached hydrogens (primary N) is 1. The van der Waals surface area contributed by atoms with E-state index < -0.39 is 10.0 Å². The molecule has 4 nitrogen and oxygen atoms in total. The number of hydrogen-bond acceptors (Lipinski definition) is 4. The highest BCUT2D eigenvalue weighted by Gasteiger charge is 2.33. The molecule has 1 aliphatic carbocycles. The third-order valence-corrected chi connectivity index (χ3v) is 6.34. The van der Waals surface area contributed by atoms with Crippen LogP contribution >= 0.6 is 11.3 Å². The first-order chi connectivity index (χ1) is 7.91. The molecule has 1 fully saturated rings. The van der Waals surface area contributed by atoms with Gasteiger partial charge in [-0.1, -0.05) is 0 Å². The first kappa shape index (κ1) is 12.9. The fraction of sp³-hybridized carbons (Fsp3) is 0.636. The van der Waals surface area contributed by atoms with Crippen LogP contribution in [0.25, 0.3) is 0 Å². The van der Waals surface area contributed by atoms with Gasteiger partial charge >= 0.3 is 0 Å². The van der Waals surface area contributed by atoms with Crippen molar-refractivity contribution in [3.8, 4) is 0 Å². The third kappa shape index (κ3) is 2.81. The molecule has 1 aromatic rings. The molecule has 0 radical (unpaired) electrons. The minimum atomic E-state index is -3.36. The first-order valence-corrected chi connectivity index (χ1v) is 8.09. The number of rotatable bonds is 5. The summed E-state index contributed by atoms with van der Waals surface area (Å²) >= 11 is 1.20. The van der Waals surface area contributed by atoms with Crippen LogP contribution < -0.4 is 5.73 Å². The topological polar surface area (TPSA) is 63.4 Å². The molecule has 1 aromatic heterocycles. The third-order valence-electron chi connectivity index (χ3n) is 2.87. The second-order valence-electron chi connectivity index (χ2n) is 4.81. The van der Waals surface area contributed by atoms with Crippen molar-refractivity contribution in [3.05, 3.63) is 11.4 Å². The van der Waals surface area contributed by atoms with E-state index in [1.54, 1.807) is 15.8 Å². The van der Waals surface area contributed by atoms with E-state index in [-0.39, 0.29) is 6.04 Å². The highest BCUT2D eigenvalue weighted by atomic mass is 32.2. The van der Waals surface area contributed by atoms with E-state index in [0.717, 1.165) is 12.8 Å². The highest BCUT2D eigenvalue weighted by molar-refractivity contribution is 7.91. The molecule has 0 aromatic carbocycles. The maximum atomic E-state index is 12.4. The average molecular weight is 274 g/mol. The van der Waals surface area contributed by atoms with Gasteiger partial charge in [0.1, 0.15) is 4.21 Å². The van der Waals surface area contributed by atoms with Crippen LogP contribution in [-0.4, -0.2) is 25.3 Å². The zero-order chi connectivity index (χ0) is 12.6. The van der Waals surface area contributed by atoms with Gasteiger partial charge in [0.15, 0.2) is 0 Å². The number of thiophene rings is 1. The number of nitrogens with zero attached hydrogens (tertiary/aromatic N) is 1. The van der Waals surface area contributed by atoms with Gasteiger partial charge in [0.25, 0.3) is 10.0 Å².